The highest BCUT2D eigenvalue weighted by atomic mass is 127. The molecule has 2 aliphatic rings. The molecule has 2 heterocycles. The zero-order valence-electron chi connectivity index (χ0n) is 17.7. The van der Waals surface area contributed by atoms with Gasteiger partial charge in [-0.2, -0.15) is 0 Å². The number of hydroxylamine groups is 1. The fourth-order valence-electron chi connectivity index (χ4n) is 3.84. The lowest BCUT2D eigenvalue weighted by molar-refractivity contribution is -0.0634. The molecule has 1 saturated heterocycles. The van der Waals surface area contributed by atoms with Crippen LogP contribution in [-0.4, -0.2) is 29.6 Å². The topological polar surface area (TPSA) is 53.6 Å². The van der Waals surface area contributed by atoms with Gasteiger partial charge >= 0.3 is 6.03 Å². The van der Waals surface area contributed by atoms with Gasteiger partial charge in [0.05, 0.1) is 5.70 Å². The number of nitrogens with zero attached hydrogens (tertiary/aromatic N) is 1. The maximum atomic E-state index is 12.6. The van der Waals surface area contributed by atoms with E-state index in [4.69, 9.17) is 4.84 Å². The summed E-state index contributed by atoms with van der Waals surface area (Å²) >= 11 is 2.25. The van der Waals surface area contributed by atoms with Gasteiger partial charge in [0, 0.05) is 35.2 Å². The van der Waals surface area contributed by atoms with Crippen molar-refractivity contribution in [3.8, 4) is 0 Å². The highest BCUT2D eigenvalue weighted by Crippen LogP contribution is 2.35. The van der Waals surface area contributed by atoms with Gasteiger partial charge in [-0.05, 0) is 69.5 Å². The number of hydrogen-bond acceptors (Lipinski definition) is 3. The molecule has 6 heteroatoms. The molecule has 2 aliphatic heterocycles. The predicted molar refractivity (Wildman–Crippen MR) is 129 cm³/mol. The number of carbonyl (C=O) groups is 1. The second-order valence-electron chi connectivity index (χ2n) is 9.08. The van der Waals surface area contributed by atoms with Crippen LogP contribution in [0.25, 0.3) is 5.70 Å². The molecule has 4 rings (SSSR count). The Labute approximate surface area is 192 Å². The number of benzene rings is 2. The van der Waals surface area contributed by atoms with Gasteiger partial charge in [-0.3, -0.25) is 10.3 Å². The van der Waals surface area contributed by atoms with E-state index in [1.165, 1.54) is 5.56 Å². The Hall–Kier alpha value is -2.06. The standard InChI is InChI=1S/C24H28IN3O2/c1-23(2,3)18-6-4-17(5-7-18)21-16-24(30-27-21)12-14-28(15-13-24)22(29)26-20-10-8-19(25)9-11-20/h4-11,16,27H,12-15H2,1-3H3,(H,26,29). The Balaban J connectivity index is 1.37. The van der Waals surface area contributed by atoms with Crippen LogP contribution in [0, 0.1) is 3.57 Å². The van der Waals surface area contributed by atoms with Gasteiger partial charge in [0.2, 0.25) is 0 Å². The first-order valence-corrected chi connectivity index (χ1v) is 11.4. The number of likely N-dealkylation sites (tertiary alicyclic amines) is 1. The highest BCUT2D eigenvalue weighted by Gasteiger charge is 2.40. The SMILES string of the molecule is CC(C)(C)c1ccc(C2=CC3(CCN(C(=O)Nc4ccc(I)cc4)CC3)ON2)cc1. The van der Waals surface area contributed by atoms with Gasteiger partial charge in [0.1, 0.15) is 5.60 Å². The van der Waals surface area contributed by atoms with Crippen molar-refractivity contribution in [2.45, 2.75) is 44.6 Å². The number of halogens is 1. The Bertz CT molecular complexity index is 938. The van der Waals surface area contributed by atoms with Gasteiger partial charge in [0.15, 0.2) is 0 Å². The highest BCUT2D eigenvalue weighted by molar-refractivity contribution is 14.1. The molecule has 2 N–H and O–H groups in total. The van der Waals surface area contributed by atoms with Gasteiger partial charge in [-0.1, -0.05) is 45.0 Å². The lowest BCUT2D eigenvalue weighted by atomic mass is 9.86. The van der Waals surface area contributed by atoms with Crippen LogP contribution in [-0.2, 0) is 10.3 Å². The number of nitrogens with one attached hydrogen (secondary N) is 2. The molecule has 158 valence electrons. The van der Waals surface area contributed by atoms with Crippen LogP contribution in [0.5, 0.6) is 0 Å². The van der Waals surface area contributed by atoms with E-state index in [1.807, 2.05) is 29.2 Å². The van der Waals surface area contributed by atoms with Gasteiger partial charge in [0.25, 0.3) is 0 Å². The average Bonchev–Trinajstić information content (AvgIpc) is 3.13. The summed E-state index contributed by atoms with van der Waals surface area (Å²) in [5.41, 5.74) is 7.17. The van der Waals surface area contributed by atoms with Crippen molar-refractivity contribution in [2.24, 2.45) is 0 Å². The zero-order chi connectivity index (χ0) is 21.4. The van der Waals surface area contributed by atoms with E-state index in [9.17, 15) is 4.79 Å². The second-order valence-corrected chi connectivity index (χ2v) is 10.3. The molecule has 0 radical (unpaired) electrons. The Morgan fingerprint density at radius 3 is 2.30 bits per heavy atom. The Morgan fingerprint density at radius 2 is 1.70 bits per heavy atom. The molecule has 0 atom stereocenters. The molecule has 0 aliphatic carbocycles. The molecule has 0 saturated carbocycles. The number of urea groups is 1. The van der Waals surface area contributed by atoms with E-state index in [0.717, 1.165) is 33.4 Å². The number of piperidine rings is 1. The summed E-state index contributed by atoms with van der Waals surface area (Å²) in [5.74, 6) is 0. The van der Waals surface area contributed by atoms with Crippen LogP contribution >= 0.6 is 22.6 Å². The molecule has 0 unspecified atom stereocenters. The molecule has 30 heavy (non-hydrogen) atoms. The lowest BCUT2D eigenvalue weighted by Gasteiger charge is -2.36. The third kappa shape index (κ3) is 4.64. The van der Waals surface area contributed by atoms with Crippen LogP contribution in [0.2, 0.25) is 0 Å². The Kier molecular flexibility index (Phi) is 5.81. The largest absolute Gasteiger partial charge is 0.324 e. The molecule has 2 aromatic rings. The smallest absolute Gasteiger partial charge is 0.321 e. The van der Waals surface area contributed by atoms with Crippen LogP contribution in [0.4, 0.5) is 10.5 Å². The van der Waals surface area contributed by atoms with E-state index in [-0.39, 0.29) is 17.0 Å². The van der Waals surface area contributed by atoms with E-state index in [1.54, 1.807) is 0 Å². The molecule has 2 aromatic carbocycles. The molecule has 0 bridgehead atoms. The van der Waals surface area contributed by atoms with E-state index < -0.39 is 0 Å². The third-order valence-electron chi connectivity index (χ3n) is 5.83. The number of hydrogen-bond donors (Lipinski definition) is 2. The van der Waals surface area contributed by atoms with E-state index in [0.29, 0.717) is 13.1 Å². The molecular weight excluding hydrogens is 489 g/mol. The second kappa shape index (κ2) is 8.23. The van der Waals surface area contributed by atoms with Crippen molar-refractivity contribution >= 4 is 40.0 Å². The summed E-state index contributed by atoms with van der Waals surface area (Å²) in [6.45, 7) is 7.97. The van der Waals surface area contributed by atoms with Crippen molar-refractivity contribution in [1.29, 1.82) is 0 Å². The number of amides is 2. The predicted octanol–water partition coefficient (Wildman–Crippen LogP) is 5.53. The van der Waals surface area contributed by atoms with E-state index in [2.05, 4.69) is 84.5 Å². The van der Waals surface area contributed by atoms with Crippen molar-refractivity contribution in [1.82, 2.24) is 10.4 Å². The van der Waals surface area contributed by atoms with Crippen molar-refractivity contribution in [3.63, 3.8) is 0 Å². The molecule has 5 nitrogen and oxygen atoms in total. The normalized spacial score (nSPS) is 18.1. The third-order valence-corrected chi connectivity index (χ3v) is 6.55. The van der Waals surface area contributed by atoms with Gasteiger partial charge in [-0.25, -0.2) is 4.79 Å². The first-order chi connectivity index (χ1) is 14.2. The fourth-order valence-corrected chi connectivity index (χ4v) is 4.20. The maximum absolute atomic E-state index is 12.6. The van der Waals surface area contributed by atoms with Gasteiger partial charge in [-0.15, -0.1) is 0 Å². The number of anilines is 1. The minimum atomic E-state index is -0.350. The minimum absolute atomic E-state index is 0.0565. The Morgan fingerprint density at radius 1 is 1.07 bits per heavy atom. The monoisotopic (exact) mass is 517 g/mol. The summed E-state index contributed by atoms with van der Waals surface area (Å²) in [7, 11) is 0. The van der Waals surface area contributed by atoms with Crippen LogP contribution in [0.1, 0.15) is 44.7 Å². The molecule has 2 amide bonds. The quantitative estimate of drug-likeness (QED) is 0.516. The lowest BCUT2D eigenvalue weighted by Crippen LogP contribution is -2.48. The first kappa shape index (κ1) is 21.2. The maximum Gasteiger partial charge on any atom is 0.321 e. The minimum Gasteiger partial charge on any atom is -0.324 e. The van der Waals surface area contributed by atoms with Crippen LogP contribution < -0.4 is 10.8 Å². The summed E-state index contributed by atoms with van der Waals surface area (Å²) < 4.78 is 1.15. The van der Waals surface area contributed by atoms with Crippen molar-refractivity contribution < 1.29 is 9.63 Å². The van der Waals surface area contributed by atoms with E-state index >= 15 is 0 Å². The van der Waals surface area contributed by atoms with Crippen LogP contribution in [0.3, 0.4) is 0 Å². The van der Waals surface area contributed by atoms with Crippen molar-refractivity contribution in [2.75, 3.05) is 18.4 Å². The fraction of sp³-hybridized carbons (Fsp3) is 0.375. The molecule has 0 aromatic heterocycles. The average molecular weight is 517 g/mol. The zero-order valence-corrected chi connectivity index (χ0v) is 19.8. The summed E-state index contributed by atoms with van der Waals surface area (Å²) in [6.07, 6.45) is 3.72. The number of rotatable bonds is 2. The molecular formula is C24H28IN3O2. The van der Waals surface area contributed by atoms with Crippen molar-refractivity contribution in [3.05, 3.63) is 69.3 Å². The summed E-state index contributed by atoms with van der Waals surface area (Å²) in [6, 6.07) is 16.4. The molecule has 1 fully saturated rings. The van der Waals surface area contributed by atoms with Crippen LogP contribution in [0.15, 0.2) is 54.6 Å². The van der Waals surface area contributed by atoms with Gasteiger partial charge < -0.3 is 10.2 Å². The first-order valence-electron chi connectivity index (χ1n) is 10.3. The molecule has 1 spiro atoms. The number of carbonyl (C=O) groups excluding carboxylic acids is 1. The summed E-state index contributed by atoms with van der Waals surface area (Å²) in [4.78, 5) is 20.5. The summed E-state index contributed by atoms with van der Waals surface area (Å²) in [5, 5.41) is 2.98.